The largest absolute Gasteiger partial charge is 0.472 e. The molecule has 17 nitrogen and oxygen atoms in total. The first kappa shape index (κ1) is 102. The number of unbranched alkanes of at least 4 members (excludes halogenated alkanes) is 51. The standard InChI is InChI=1S/C85H166O17P2/c1-8-9-10-11-12-13-14-15-16-19-23-30-35-40-45-54-62-69-85(90)102-81(73-96-83(88)67-60-53-48-47-51-58-65-78(6)7)75-100-104(93,94)98-71-79(86)70-97-103(91,92)99-74-80(72-95-82(87)66-59-52-44-39-34-29-26-25-28-33-38-43-50-57-64-77(4)5)101-84(89)68-61-55-46-41-36-31-24-21-18-17-20-22-27-32-37-42-49-56-63-76(2)3/h76-81,86H,8-75H2,1-7H3,(H,91,92)(H,93,94)/t79-,80-,81-/m1/s1. The summed E-state index contributed by atoms with van der Waals surface area (Å²) in [5.41, 5.74) is 0. The molecule has 0 saturated heterocycles. The second-order valence-corrected chi connectivity index (χ2v) is 34.9. The average molecular weight is 1520 g/mol. The molecule has 104 heavy (non-hydrogen) atoms. The Morgan fingerprint density at radius 2 is 0.442 bits per heavy atom. The van der Waals surface area contributed by atoms with Crippen LogP contribution in [0.4, 0.5) is 0 Å². The molecule has 0 aliphatic rings. The molecular formula is C85H166O17P2. The molecule has 0 aromatic carbocycles. The van der Waals surface area contributed by atoms with Crippen LogP contribution in [-0.4, -0.2) is 96.7 Å². The van der Waals surface area contributed by atoms with Crippen LogP contribution in [-0.2, 0) is 65.4 Å². The van der Waals surface area contributed by atoms with Crippen LogP contribution >= 0.6 is 15.6 Å². The van der Waals surface area contributed by atoms with Crippen molar-refractivity contribution < 1.29 is 80.2 Å². The average Bonchev–Trinajstić information content (AvgIpc) is 0.905. The van der Waals surface area contributed by atoms with Crippen LogP contribution in [0.25, 0.3) is 0 Å². The lowest BCUT2D eigenvalue weighted by Crippen LogP contribution is -2.30. The summed E-state index contributed by atoms with van der Waals surface area (Å²) in [6.45, 7) is 11.9. The maximum Gasteiger partial charge on any atom is 0.472 e. The zero-order valence-corrected chi connectivity index (χ0v) is 70.3. The summed E-state index contributed by atoms with van der Waals surface area (Å²) < 4.78 is 68.8. The van der Waals surface area contributed by atoms with Gasteiger partial charge in [-0.3, -0.25) is 37.3 Å². The highest BCUT2D eigenvalue weighted by molar-refractivity contribution is 7.47. The van der Waals surface area contributed by atoms with Crippen LogP contribution < -0.4 is 0 Å². The third kappa shape index (κ3) is 78.2. The molecule has 2 unspecified atom stereocenters. The molecular weight excluding hydrogens is 1350 g/mol. The summed E-state index contributed by atoms with van der Waals surface area (Å²) in [6, 6.07) is 0. The zero-order chi connectivity index (χ0) is 76.5. The first-order valence-corrected chi connectivity index (χ1v) is 46.8. The highest BCUT2D eigenvalue weighted by atomic mass is 31.2. The van der Waals surface area contributed by atoms with Crippen LogP contribution in [0.2, 0.25) is 0 Å². The quantitative estimate of drug-likeness (QED) is 0.0222. The lowest BCUT2D eigenvalue weighted by Gasteiger charge is -2.21. The summed E-state index contributed by atoms with van der Waals surface area (Å²) in [6.07, 6.45) is 65.5. The second-order valence-electron chi connectivity index (χ2n) is 32.0. The van der Waals surface area contributed by atoms with E-state index < -0.39 is 97.5 Å². The number of phosphoric ester groups is 2. The molecule has 0 fully saturated rings. The molecule has 0 aromatic rings. The van der Waals surface area contributed by atoms with Crippen LogP contribution in [0.15, 0.2) is 0 Å². The molecule has 0 radical (unpaired) electrons. The highest BCUT2D eigenvalue weighted by Crippen LogP contribution is 2.45. The summed E-state index contributed by atoms with van der Waals surface area (Å²) in [4.78, 5) is 73.1. The Morgan fingerprint density at radius 3 is 0.654 bits per heavy atom. The molecule has 0 saturated carbocycles. The fourth-order valence-electron chi connectivity index (χ4n) is 13.2. The molecule has 0 aliphatic carbocycles. The molecule has 19 heteroatoms. The fraction of sp³-hybridized carbons (Fsp3) is 0.953. The fourth-order valence-corrected chi connectivity index (χ4v) is 14.8. The van der Waals surface area contributed by atoms with Crippen LogP contribution in [0.5, 0.6) is 0 Å². The number of carbonyl (C=O) groups excluding carboxylic acids is 4. The number of phosphoric acid groups is 2. The van der Waals surface area contributed by atoms with Gasteiger partial charge in [-0.25, -0.2) is 9.13 Å². The minimum Gasteiger partial charge on any atom is -0.462 e. The van der Waals surface area contributed by atoms with Crippen molar-refractivity contribution in [3.63, 3.8) is 0 Å². The van der Waals surface area contributed by atoms with E-state index in [1.807, 2.05) is 0 Å². The van der Waals surface area contributed by atoms with Crippen molar-refractivity contribution >= 4 is 39.5 Å². The first-order chi connectivity index (χ1) is 50.2. The summed E-state index contributed by atoms with van der Waals surface area (Å²) >= 11 is 0. The first-order valence-electron chi connectivity index (χ1n) is 43.8. The number of esters is 4. The van der Waals surface area contributed by atoms with Gasteiger partial charge in [-0.15, -0.1) is 0 Å². The maximum absolute atomic E-state index is 13.1. The monoisotopic (exact) mass is 1520 g/mol. The van der Waals surface area contributed by atoms with Crippen molar-refractivity contribution in [1.29, 1.82) is 0 Å². The van der Waals surface area contributed by atoms with Crippen molar-refractivity contribution in [3.8, 4) is 0 Å². The van der Waals surface area contributed by atoms with Crippen LogP contribution in [0, 0.1) is 17.8 Å². The van der Waals surface area contributed by atoms with E-state index in [0.29, 0.717) is 31.6 Å². The van der Waals surface area contributed by atoms with Gasteiger partial charge < -0.3 is 33.8 Å². The maximum atomic E-state index is 13.1. The minimum atomic E-state index is -4.97. The predicted molar refractivity (Wildman–Crippen MR) is 428 cm³/mol. The van der Waals surface area contributed by atoms with Gasteiger partial charge >= 0.3 is 39.5 Å². The molecule has 0 aromatic heterocycles. The van der Waals surface area contributed by atoms with E-state index in [9.17, 15) is 43.2 Å². The third-order valence-corrected chi connectivity index (χ3v) is 21.8. The number of rotatable bonds is 83. The SMILES string of the molecule is CCCCCCCCCCCCCCCCCCCC(=O)O[C@H](COC(=O)CCCCCCCCC(C)C)COP(=O)(O)OC[C@H](O)COP(=O)(O)OC[C@@H](COC(=O)CCCCCCCCCCCCCCCCC(C)C)OC(=O)CCCCCCCCCCCCCCCCCCCCC(C)C. The Kier molecular flexibility index (Phi) is 73.7. The second kappa shape index (κ2) is 75.1. The van der Waals surface area contributed by atoms with Gasteiger partial charge in [-0.05, 0) is 43.4 Å². The number of hydrogen-bond acceptors (Lipinski definition) is 15. The van der Waals surface area contributed by atoms with Gasteiger partial charge in [0.2, 0.25) is 0 Å². The lowest BCUT2D eigenvalue weighted by molar-refractivity contribution is -0.161. The van der Waals surface area contributed by atoms with Gasteiger partial charge in [-0.1, -0.05) is 395 Å². The van der Waals surface area contributed by atoms with E-state index in [-0.39, 0.29) is 25.7 Å². The van der Waals surface area contributed by atoms with Gasteiger partial charge in [0.15, 0.2) is 12.2 Å². The summed E-state index contributed by atoms with van der Waals surface area (Å²) in [5, 5.41) is 10.7. The summed E-state index contributed by atoms with van der Waals surface area (Å²) in [5.74, 6) is 0.191. The Bertz CT molecular complexity index is 2010. The molecule has 0 spiro atoms. The lowest BCUT2D eigenvalue weighted by atomic mass is 10.0. The molecule has 618 valence electrons. The minimum absolute atomic E-state index is 0.107. The van der Waals surface area contributed by atoms with Crippen molar-refractivity contribution in [2.75, 3.05) is 39.6 Å². The van der Waals surface area contributed by atoms with Crippen LogP contribution in [0.1, 0.15) is 447 Å². The molecule has 0 rings (SSSR count). The highest BCUT2D eigenvalue weighted by Gasteiger charge is 2.30. The molecule has 0 heterocycles. The van der Waals surface area contributed by atoms with Crippen LogP contribution in [0.3, 0.4) is 0 Å². The molecule has 3 N–H and O–H groups in total. The summed E-state index contributed by atoms with van der Waals surface area (Å²) in [7, 11) is -9.93. The number of carbonyl (C=O) groups is 4. The number of hydrogen-bond donors (Lipinski definition) is 3. The Morgan fingerprint density at radius 1 is 0.260 bits per heavy atom. The van der Waals surface area contributed by atoms with E-state index in [0.717, 1.165) is 108 Å². The zero-order valence-electron chi connectivity index (χ0n) is 68.5. The van der Waals surface area contributed by atoms with E-state index in [2.05, 4.69) is 48.5 Å². The van der Waals surface area contributed by atoms with E-state index in [1.54, 1.807) is 0 Å². The number of ether oxygens (including phenoxy) is 4. The van der Waals surface area contributed by atoms with Crippen molar-refractivity contribution in [3.05, 3.63) is 0 Å². The van der Waals surface area contributed by atoms with Gasteiger partial charge in [0.25, 0.3) is 0 Å². The van der Waals surface area contributed by atoms with E-state index >= 15 is 0 Å². The Labute approximate surface area is 638 Å². The van der Waals surface area contributed by atoms with E-state index in [1.165, 1.54) is 250 Å². The topological polar surface area (TPSA) is 237 Å². The molecule has 5 atom stereocenters. The van der Waals surface area contributed by atoms with Gasteiger partial charge in [0.1, 0.15) is 19.3 Å². The molecule has 0 aliphatic heterocycles. The van der Waals surface area contributed by atoms with Crippen molar-refractivity contribution in [1.82, 2.24) is 0 Å². The normalized spacial score (nSPS) is 13.9. The van der Waals surface area contributed by atoms with Crippen molar-refractivity contribution in [2.45, 2.75) is 465 Å². The number of aliphatic hydroxyl groups is 1. The van der Waals surface area contributed by atoms with Crippen molar-refractivity contribution in [2.24, 2.45) is 17.8 Å². The Balaban J connectivity index is 5.21. The molecule has 0 bridgehead atoms. The molecule has 0 amide bonds. The van der Waals surface area contributed by atoms with Gasteiger partial charge in [-0.2, -0.15) is 0 Å². The van der Waals surface area contributed by atoms with Gasteiger partial charge in [0.05, 0.1) is 26.4 Å². The van der Waals surface area contributed by atoms with E-state index in [4.69, 9.17) is 37.0 Å². The number of aliphatic hydroxyl groups excluding tert-OH is 1. The smallest absolute Gasteiger partial charge is 0.462 e. The Hall–Kier alpha value is -1.94. The van der Waals surface area contributed by atoms with Gasteiger partial charge in [0, 0.05) is 25.7 Å². The predicted octanol–water partition coefficient (Wildman–Crippen LogP) is 25.7. The third-order valence-electron chi connectivity index (χ3n) is 19.9.